The maximum Gasteiger partial charge on any atom is 0.337 e. The summed E-state index contributed by atoms with van der Waals surface area (Å²) in [4.78, 5) is 12.1. The summed E-state index contributed by atoms with van der Waals surface area (Å²) in [5.41, 5.74) is 3.12. The molecule has 6 heteroatoms. The van der Waals surface area contributed by atoms with E-state index >= 15 is 0 Å². The molecule has 0 fully saturated rings. The number of aryl methyl sites for hydroxylation is 1. The van der Waals surface area contributed by atoms with Gasteiger partial charge in [-0.2, -0.15) is 0 Å². The van der Waals surface area contributed by atoms with E-state index in [1.165, 1.54) is 7.11 Å². The van der Waals surface area contributed by atoms with Gasteiger partial charge in [0.25, 0.3) is 0 Å². The first-order valence-electron chi connectivity index (χ1n) is 6.49. The molecule has 0 spiro atoms. The van der Waals surface area contributed by atoms with Gasteiger partial charge in [0, 0.05) is 5.70 Å². The van der Waals surface area contributed by atoms with E-state index < -0.39 is 0 Å². The Hall–Kier alpha value is -2.08. The average Bonchev–Trinajstić information content (AvgIpc) is 2.46. The molecular formula is C15H18N2O3S. The highest BCUT2D eigenvalue weighted by Crippen LogP contribution is 2.30. The summed E-state index contributed by atoms with van der Waals surface area (Å²) in [7, 11) is 2.98. The zero-order valence-corrected chi connectivity index (χ0v) is 13.3. The SMILES string of the molecule is COC(=O)C1=C(C)NC(=S)NC1c1ccc(C)c(OC)c1. The predicted molar refractivity (Wildman–Crippen MR) is 84.1 cm³/mol. The number of hydrogen-bond donors (Lipinski definition) is 2. The maximum atomic E-state index is 12.1. The van der Waals surface area contributed by atoms with Crippen LogP contribution >= 0.6 is 12.2 Å². The number of benzene rings is 1. The molecule has 1 aromatic rings. The van der Waals surface area contributed by atoms with E-state index in [0.29, 0.717) is 16.4 Å². The number of methoxy groups -OCH3 is 2. The van der Waals surface area contributed by atoms with Crippen LogP contribution < -0.4 is 15.4 Å². The molecule has 2 N–H and O–H groups in total. The zero-order valence-electron chi connectivity index (χ0n) is 12.4. The van der Waals surface area contributed by atoms with Crippen LogP contribution in [0.3, 0.4) is 0 Å². The number of thiocarbonyl (C=S) groups is 1. The van der Waals surface area contributed by atoms with Crippen LogP contribution in [0, 0.1) is 6.92 Å². The minimum absolute atomic E-state index is 0.360. The minimum atomic E-state index is -0.389. The summed E-state index contributed by atoms with van der Waals surface area (Å²) in [6.07, 6.45) is 0. The third-order valence-electron chi connectivity index (χ3n) is 3.44. The van der Waals surface area contributed by atoms with E-state index in [4.69, 9.17) is 21.7 Å². The fourth-order valence-corrected chi connectivity index (χ4v) is 2.61. The molecule has 1 aliphatic heterocycles. The molecule has 0 saturated heterocycles. The van der Waals surface area contributed by atoms with E-state index in [0.717, 1.165) is 16.9 Å². The highest BCUT2D eigenvalue weighted by Gasteiger charge is 2.30. The van der Waals surface area contributed by atoms with E-state index in [9.17, 15) is 4.79 Å². The molecule has 1 atom stereocenters. The van der Waals surface area contributed by atoms with Crippen molar-refractivity contribution in [2.45, 2.75) is 19.9 Å². The second kappa shape index (κ2) is 6.13. The van der Waals surface area contributed by atoms with Gasteiger partial charge in [0.05, 0.1) is 25.8 Å². The number of carbonyl (C=O) groups excluding carboxylic acids is 1. The smallest absolute Gasteiger partial charge is 0.337 e. The first-order valence-corrected chi connectivity index (χ1v) is 6.90. The van der Waals surface area contributed by atoms with Gasteiger partial charge in [0.2, 0.25) is 0 Å². The van der Waals surface area contributed by atoms with Gasteiger partial charge in [0.1, 0.15) is 5.75 Å². The molecule has 21 heavy (non-hydrogen) atoms. The zero-order chi connectivity index (χ0) is 15.6. The quantitative estimate of drug-likeness (QED) is 0.658. The summed E-state index contributed by atoms with van der Waals surface area (Å²) < 4.78 is 10.2. The topological polar surface area (TPSA) is 59.6 Å². The van der Waals surface area contributed by atoms with Gasteiger partial charge in [-0.25, -0.2) is 4.79 Å². The van der Waals surface area contributed by atoms with Gasteiger partial charge in [-0.05, 0) is 43.3 Å². The van der Waals surface area contributed by atoms with Crippen LogP contribution in [-0.2, 0) is 9.53 Å². The van der Waals surface area contributed by atoms with E-state index in [1.54, 1.807) is 14.0 Å². The standard InChI is InChI=1S/C15H18N2O3S/c1-8-5-6-10(7-11(8)19-3)13-12(14(18)20-4)9(2)16-15(21)17-13/h5-7,13H,1-4H3,(H2,16,17,21). The number of allylic oxidation sites excluding steroid dienone is 1. The number of ether oxygens (including phenoxy) is 2. The van der Waals surface area contributed by atoms with Crippen molar-refractivity contribution in [1.82, 2.24) is 10.6 Å². The normalized spacial score (nSPS) is 17.9. The molecule has 0 amide bonds. The number of carbonyl (C=O) groups is 1. The number of nitrogens with one attached hydrogen (secondary N) is 2. The molecule has 1 aliphatic rings. The minimum Gasteiger partial charge on any atom is -0.496 e. The molecule has 0 aromatic heterocycles. The molecule has 0 saturated carbocycles. The second-order valence-corrected chi connectivity index (χ2v) is 5.20. The van der Waals surface area contributed by atoms with Gasteiger partial charge in [-0.15, -0.1) is 0 Å². The van der Waals surface area contributed by atoms with Crippen molar-refractivity contribution in [1.29, 1.82) is 0 Å². The highest BCUT2D eigenvalue weighted by molar-refractivity contribution is 7.80. The van der Waals surface area contributed by atoms with Crippen molar-refractivity contribution in [3.63, 3.8) is 0 Å². The van der Waals surface area contributed by atoms with Crippen LogP contribution in [0.2, 0.25) is 0 Å². The molecule has 1 aromatic carbocycles. The first-order chi connectivity index (χ1) is 9.97. The Morgan fingerprint density at radius 1 is 1.29 bits per heavy atom. The first kappa shape index (κ1) is 15.3. The lowest BCUT2D eigenvalue weighted by molar-refractivity contribution is -0.136. The summed E-state index contributed by atoms with van der Waals surface area (Å²) in [5.74, 6) is 0.375. The molecule has 5 nitrogen and oxygen atoms in total. The fourth-order valence-electron chi connectivity index (χ4n) is 2.34. The van der Waals surface area contributed by atoms with Crippen LogP contribution in [0.4, 0.5) is 0 Å². The molecule has 2 rings (SSSR count). The third kappa shape index (κ3) is 3.00. The maximum absolute atomic E-state index is 12.1. The van der Waals surface area contributed by atoms with Crippen molar-refractivity contribution in [2.24, 2.45) is 0 Å². The molecule has 1 heterocycles. The molecule has 0 bridgehead atoms. The van der Waals surface area contributed by atoms with Gasteiger partial charge in [-0.1, -0.05) is 12.1 Å². The lowest BCUT2D eigenvalue weighted by atomic mass is 9.94. The highest BCUT2D eigenvalue weighted by atomic mass is 32.1. The predicted octanol–water partition coefficient (Wildman–Crippen LogP) is 1.97. The van der Waals surface area contributed by atoms with Gasteiger partial charge in [0.15, 0.2) is 5.11 Å². The lowest BCUT2D eigenvalue weighted by Crippen LogP contribution is -2.45. The van der Waals surface area contributed by atoms with Crippen molar-refractivity contribution >= 4 is 23.3 Å². The second-order valence-electron chi connectivity index (χ2n) is 4.79. The third-order valence-corrected chi connectivity index (χ3v) is 3.66. The molecule has 0 aliphatic carbocycles. The Kier molecular flexibility index (Phi) is 4.47. The van der Waals surface area contributed by atoms with E-state index in [1.807, 2.05) is 25.1 Å². The summed E-state index contributed by atoms with van der Waals surface area (Å²) in [6, 6.07) is 5.43. The van der Waals surface area contributed by atoms with Crippen molar-refractivity contribution in [3.05, 3.63) is 40.6 Å². The molecular weight excluding hydrogens is 288 g/mol. The summed E-state index contributed by atoms with van der Waals surface area (Å²) in [6.45, 7) is 3.77. The number of esters is 1. The van der Waals surface area contributed by atoms with E-state index in [-0.39, 0.29) is 12.0 Å². The van der Waals surface area contributed by atoms with Crippen LogP contribution in [0.15, 0.2) is 29.5 Å². The van der Waals surface area contributed by atoms with Crippen molar-refractivity contribution in [3.8, 4) is 5.75 Å². The molecule has 112 valence electrons. The van der Waals surface area contributed by atoms with Crippen LogP contribution in [-0.4, -0.2) is 25.3 Å². The monoisotopic (exact) mass is 306 g/mol. The Morgan fingerprint density at radius 3 is 2.62 bits per heavy atom. The van der Waals surface area contributed by atoms with Gasteiger partial charge in [-0.3, -0.25) is 0 Å². The summed E-state index contributed by atoms with van der Waals surface area (Å²) >= 11 is 5.18. The largest absolute Gasteiger partial charge is 0.496 e. The van der Waals surface area contributed by atoms with Crippen LogP contribution in [0.5, 0.6) is 5.75 Å². The summed E-state index contributed by atoms with van der Waals surface area (Å²) in [5, 5.41) is 6.53. The van der Waals surface area contributed by atoms with Crippen LogP contribution in [0.1, 0.15) is 24.1 Å². The van der Waals surface area contributed by atoms with E-state index in [2.05, 4.69) is 10.6 Å². The Morgan fingerprint density at radius 2 is 2.00 bits per heavy atom. The Bertz CT molecular complexity index is 625. The van der Waals surface area contributed by atoms with Gasteiger partial charge < -0.3 is 20.1 Å². The fraction of sp³-hybridized carbons (Fsp3) is 0.333. The average molecular weight is 306 g/mol. The van der Waals surface area contributed by atoms with Crippen LogP contribution in [0.25, 0.3) is 0 Å². The molecule has 0 radical (unpaired) electrons. The Balaban J connectivity index is 2.51. The van der Waals surface area contributed by atoms with Crippen molar-refractivity contribution in [2.75, 3.05) is 14.2 Å². The lowest BCUT2D eigenvalue weighted by Gasteiger charge is -2.29. The Labute approximate surface area is 129 Å². The van der Waals surface area contributed by atoms with Gasteiger partial charge >= 0.3 is 5.97 Å². The number of rotatable bonds is 3. The molecule has 1 unspecified atom stereocenters. The van der Waals surface area contributed by atoms with Crippen molar-refractivity contribution < 1.29 is 14.3 Å². The number of hydrogen-bond acceptors (Lipinski definition) is 4.